The molecule has 1 amide bonds. The number of carbonyl (C=O) groups excluding carboxylic acids is 1. The Bertz CT molecular complexity index is 1130. The van der Waals surface area contributed by atoms with E-state index in [9.17, 15) is 4.79 Å². The van der Waals surface area contributed by atoms with Crippen molar-refractivity contribution in [2.75, 3.05) is 5.32 Å². The van der Waals surface area contributed by atoms with Crippen molar-refractivity contribution >= 4 is 45.7 Å². The van der Waals surface area contributed by atoms with Gasteiger partial charge < -0.3 is 9.73 Å². The van der Waals surface area contributed by atoms with Gasteiger partial charge in [0.1, 0.15) is 9.92 Å². The molecule has 142 valence electrons. The van der Waals surface area contributed by atoms with Crippen molar-refractivity contribution in [3.8, 4) is 0 Å². The van der Waals surface area contributed by atoms with Crippen LogP contribution in [-0.4, -0.2) is 10.9 Å². The number of carbonyl (C=O) groups is 1. The summed E-state index contributed by atoms with van der Waals surface area (Å²) in [4.78, 5) is 17.6. The molecule has 0 aliphatic carbocycles. The zero-order valence-electron chi connectivity index (χ0n) is 15.7. The SMILES string of the molecule is CCc1ccccc1NC(=O)c1oc2ccccc2c1CSc1nc(C)cs1. The standard InChI is InChI=1S/C22H20N2O2S2/c1-3-15-8-4-6-10-18(15)24-21(25)20-17(13-28-22-23-14(2)12-27-22)16-9-5-7-11-19(16)26-20/h4-12H,3,13H2,1-2H3,(H,24,25). The van der Waals surface area contributed by atoms with Gasteiger partial charge in [0, 0.05) is 33.5 Å². The van der Waals surface area contributed by atoms with E-state index in [1.165, 1.54) is 0 Å². The van der Waals surface area contributed by atoms with E-state index in [0.717, 1.165) is 44.2 Å². The highest BCUT2D eigenvalue weighted by atomic mass is 32.2. The Hall–Kier alpha value is -2.57. The first-order chi connectivity index (χ1) is 13.7. The average molecular weight is 409 g/mol. The highest BCUT2D eigenvalue weighted by molar-refractivity contribution is 8.00. The van der Waals surface area contributed by atoms with E-state index in [4.69, 9.17) is 4.42 Å². The van der Waals surface area contributed by atoms with Gasteiger partial charge in [0.25, 0.3) is 5.91 Å². The van der Waals surface area contributed by atoms with Crippen LogP contribution in [0.2, 0.25) is 0 Å². The molecular formula is C22H20N2O2S2. The number of nitrogens with zero attached hydrogens (tertiary/aromatic N) is 1. The number of anilines is 1. The monoisotopic (exact) mass is 408 g/mol. The summed E-state index contributed by atoms with van der Waals surface area (Å²) in [7, 11) is 0. The molecule has 0 bridgehead atoms. The van der Waals surface area contributed by atoms with Gasteiger partial charge in [-0.3, -0.25) is 4.79 Å². The fourth-order valence-corrected chi connectivity index (χ4v) is 4.96. The third kappa shape index (κ3) is 3.84. The summed E-state index contributed by atoms with van der Waals surface area (Å²) < 4.78 is 6.95. The quantitative estimate of drug-likeness (QED) is 0.380. The lowest BCUT2D eigenvalue weighted by Gasteiger charge is -2.09. The van der Waals surface area contributed by atoms with E-state index in [0.29, 0.717) is 11.5 Å². The zero-order chi connectivity index (χ0) is 19.5. The number of amides is 1. The van der Waals surface area contributed by atoms with Gasteiger partial charge in [0.2, 0.25) is 0 Å². The summed E-state index contributed by atoms with van der Waals surface area (Å²) in [6, 6.07) is 15.6. The van der Waals surface area contributed by atoms with Gasteiger partial charge in [-0.05, 0) is 31.0 Å². The van der Waals surface area contributed by atoms with Crippen LogP contribution in [0.4, 0.5) is 5.69 Å². The maximum absolute atomic E-state index is 13.1. The molecule has 6 heteroatoms. The minimum atomic E-state index is -0.219. The van der Waals surface area contributed by atoms with Gasteiger partial charge >= 0.3 is 0 Å². The molecule has 0 radical (unpaired) electrons. The third-order valence-electron chi connectivity index (χ3n) is 4.49. The number of nitrogens with one attached hydrogen (secondary N) is 1. The first-order valence-electron chi connectivity index (χ1n) is 9.10. The van der Waals surface area contributed by atoms with Gasteiger partial charge in [0.15, 0.2) is 5.76 Å². The summed E-state index contributed by atoms with van der Waals surface area (Å²) in [6.45, 7) is 4.06. The maximum atomic E-state index is 13.1. The number of benzene rings is 2. The normalized spacial score (nSPS) is 11.1. The number of aryl methyl sites for hydroxylation is 2. The van der Waals surface area contributed by atoms with Crippen molar-refractivity contribution in [2.24, 2.45) is 0 Å². The van der Waals surface area contributed by atoms with Gasteiger partial charge in [-0.15, -0.1) is 11.3 Å². The van der Waals surface area contributed by atoms with E-state index < -0.39 is 0 Å². The minimum absolute atomic E-state index is 0.219. The first-order valence-corrected chi connectivity index (χ1v) is 11.0. The lowest BCUT2D eigenvalue weighted by molar-refractivity contribution is 0.0997. The largest absolute Gasteiger partial charge is 0.451 e. The molecule has 2 aromatic carbocycles. The number of aromatic nitrogens is 1. The zero-order valence-corrected chi connectivity index (χ0v) is 17.3. The van der Waals surface area contributed by atoms with E-state index in [1.807, 2.05) is 60.8 Å². The lowest BCUT2D eigenvalue weighted by Crippen LogP contribution is -2.14. The predicted molar refractivity (Wildman–Crippen MR) is 116 cm³/mol. The third-order valence-corrected chi connectivity index (χ3v) is 6.65. The fourth-order valence-electron chi connectivity index (χ4n) is 3.09. The van der Waals surface area contributed by atoms with Gasteiger partial charge in [-0.2, -0.15) is 0 Å². The Kier molecular flexibility index (Phi) is 5.50. The Balaban J connectivity index is 1.66. The molecule has 0 fully saturated rings. The Morgan fingerprint density at radius 2 is 1.96 bits per heavy atom. The molecule has 1 N–H and O–H groups in total. The first kappa shape index (κ1) is 18.8. The van der Waals surface area contributed by atoms with Crippen LogP contribution in [0, 0.1) is 6.92 Å². The van der Waals surface area contributed by atoms with E-state index in [-0.39, 0.29) is 5.91 Å². The molecule has 2 heterocycles. The summed E-state index contributed by atoms with van der Waals surface area (Å²) in [5.74, 6) is 0.776. The summed E-state index contributed by atoms with van der Waals surface area (Å²) in [5.41, 5.74) is 4.56. The topological polar surface area (TPSA) is 55.1 Å². The maximum Gasteiger partial charge on any atom is 0.291 e. The molecule has 0 spiro atoms. The van der Waals surface area contributed by atoms with Crippen molar-refractivity contribution in [2.45, 2.75) is 30.4 Å². The van der Waals surface area contributed by atoms with Crippen LogP contribution in [0.15, 0.2) is 62.7 Å². The molecule has 0 saturated carbocycles. The Labute approximate surface area is 172 Å². The molecule has 28 heavy (non-hydrogen) atoms. The van der Waals surface area contributed by atoms with E-state index in [1.54, 1.807) is 23.1 Å². The number of thiazole rings is 1. The number of fused-ring (bicyclic) bond motifs is 1. The summed E-state index contributed by atoms with van der Waals surface area (Å²) in [6.07, 6.45) is 0.850. The highest BCUT2D eigenvalue weighted by Crippen LogP contribution is 2.33. The van der Waals surface area contributed by atoms with Crippen LogP contribution in [0.3, 0.4) is 0 Å². The van der Waals surface area contributed by atoms with Crippen molar-refractivity contribution in [1.29, 1.82) is 0 Å². The molecule has 0 atom stereocenters. The molecule has 0 saturated heterocycles. The molecule has 0 unspecified atom stereocenters. The smallest absolute Gasteiger partial charge is 0.291 e. The van der Waals surface area contributed by atoms with Crippen LogP contribution < -0.4 is 5.32 Å². The molecule has 4 rings (SSSR count). The van der Waals surface area contributed by atoms with Crippen molar-refractivity contribution in [1.82, 2.24) is 4.98 Å². The van der Waals surface area contributed by atoms with Crippen LogP contribution in [-0.2, 0) is 12.2 Å². The second kappa shape index (κ2) is 8.20. The van der Waals surface area contributed by atoms with Crippen molar-refractivity contribution in [3.05, 3.63) is 76.5 Å². The predicted octanol–water partition coefficient (Wildman–Crippen LogP) is 6.30. The Morgan fingerprint density at radius 1 is 1.18 bits per heavy atom. The van der Waals surface area contributed by atoms with E-state index in [2.05, 4.69) is 17.2 Å². The van der Waals surface area contributed by atoms with Gasteiger partial charge in [0.05, 0.1) is 0 Å². The van der Waals surface area contributed by atoms with Crippen molar-refractivity contribution < 1.29 is 9.21 Å². The molecular weight excluding hydrogens is 388 g/mol. The number of hydrogen-bond acceptors (Lipinski definition) is 5. The number of thioether (sulfide) groups is 1. The minimum Gasteiger partial charge on any atom is -0.451 e. The number of para-hydroxylation sites is 2. The summed E-state index contributed by atoms with van der Waals surface area (Å²) in [5, 5.41) is 6.03. The molecule has 2 aromatic heterocycles. The van der Waals surface area contributed by atoms with Crippen LogP contribution in [0.1, 0.15) is 34.3 Å². The second-order valence-electron chi connectivity index (χ2n) is 6.41. The average Bonchev–Trinajstić information content (AvgIpc) is 3.30. The van der Waals surface area contributed by atoms with E-state index >= 15 is 0 Å². The number of furan rings is 1. The van der Waals surface area contributed by atoms with Gasteiger partial charge in [-0.1, -0.05) is 55.1 Å². The molecule has 4 aromatic rings. The number of rotatable bonds is 6. The molecule has 0 aliphatic heterocycles. The van der Waals surface area contributed by atoms with Crippen LogP contribution in [0.25, 0.3) is 11.0 Å². The van der Waals surface area contributed by atoms with Crippen LogP contribution in [0.5, 0.6) is 0 Å². The molecule has 4 nitrogen and oxygen atoms in total. The lowest BCUT2D eigenvalue weighted by atomic mass is 10.1. The highest BCUT2D eigenvalue weighted by Gasteiger charge is 2.21. The fraction of sp³-hybridized carbons (Fsp3) is 0.182. The number of hydrogen-bond donors (Lipinski definition) is 1. The van der Waals surface area contributed by atoms with Crippen LogP contribution >= 0.6 is 23.1 Å². The molecule has 0 aliphatic rings. The van der Waals surface area contributed by atoms with Gasteiger partial charge in [-0.25, -0.2) is 4.98 Å². The second-order valence-corrected chi connectivity index (χ2v) is 8.49. The summed E-state index contributed by atoms with van der Waals surface area (Å²) >= 11 is 3.25. The Morgan fingerprint density at radius 3 is 2.75 bits per heavy atom. The van der Waals surface area contributed by atoms with Crippen molar-refractivity contribution in [3.63, 3.8) is 0 Å².